The summed E-state index contributed by atoms with van der Waals surface area (Å²) in [4.78, 5) is 0. The van der Waals surface area contributed by atoms with Crippen LogP contribution in [-0.2, 0) is 0 Å². The SMILES string of the molecule is COc1ccc(C(NN)c2cccc(Br)c2Cl)cc1F. The zero-order valence-corrected chi connectivity index (χ0v) is 13.0. The first-order chi connectivity index (χ1) is 9.58. The van der Waals surface area contributed by atoms with Crippen molar-refractivity contribution in [2.24, 2.45) is 5.84 Å². The molecule has 0 aliphatic rings. The Labute approximate surface area is 130 Å². The van der Waals surface area contributed by atoms with Crippen LogP contribution >= 0.6 is 27.5 Å². The first-order valence-corrected chi connectivity index (χ1v) is 6.99. The van der Waals surface area contributed by atoms with Gasteiger partial charge in [-0.15, -0.1) is 0 Å². The number of hydrogen-bond acceptors (Lipinski definition) is 3. The highest BCUT2D eigenvalue weighted by Crippen LogP contribution is 2.34. The molecule has 0 aliphatic carbocycles. The number of nitrogens with two attached hydrogens (primary N) is 1. The lowest BCUT2D eigenvalue weighted by molar-refractivity contribution is 0.385. The van der Waals surface area contributed by atoms with Gasteiger partial charge in [-0.2, -0.15) is 0 Å². The van der Waals surface area contributed by atoms with Crippen molar-refractivity contribution in [1.82, 2.24) is 5.43 Å². The summed E-state index contributed by atoms with van der Waals surface area (Å²) < 4.78 is 19.5. The molecule has 0 saturated heterocycles. The molecule has 1 atom stereocenters. The van der Waals surface area contributed by atoms with Crippen molar-refractivity contribution >= 4 is 27.5 Å². The number of rotatable bonds is 4. The van der Waals surface area contributed by atoms with Gasteiger partial charge in [0.05, 0.1) is 18.2 Å². The van der Waals surface area contributed by atoms with Crippen LogP contribution in [0.2, 0.25) is 5.02 Å². The van der Waals surface area contributed by atoms with Gasteiger partial charge in [-0.25, -0.2) is 9.82 Å². The van der Waals surface area contributed by atoms with E-state index in [0.29, 0.717) is 10.6 Å². The second-order valence-electron chi connectivity index (χ2n) is 4.14. The molecule has 6 heteroatoms. The van der Waals surface area contributed by atoms with Gasteiger partial charge in [-0.3, -0.25) is 5.84 Å². The Morgan fingerprint density at radius 2 is 2.10 bits per heavy atom. The Kier molecular flexibility index (Phi) is 4.99. The first-order valence-electron chi connectivity index (χ1n) is 5.82. The molecule has 2 rings (SSSR count). The highest BCUT2D eigenvalue weighted by molar-refractivity contribution is 9.10. The van der Waals surface area contributed by atoms with Gasteiger partial charge in [-0.05, 0) is 45.3 Å². The van der Waals surface area contributed by atoms with E-state index in [1.54, 1.807) is 12.1 Å². The number of benzene rings is 2. The molecule has 0 fully saturated rings. The van der Waals surface area contributed by atoms with E-state index in [9.17, 15) is 4.39 Å². The lowest BCUT2D eigenvalue weighted by Gasteiger charge is -2.19. The third-order valence-corrected chi connectivity index (χ3v) is 4.28. The van der Waals surface area contributed by atoms with Crippen molar-refractivity contribution in [1.29, 1.82) is 0 Å². The van der Waals surface area contributed by atoms with Gasteiger partial charge in [0, 0.05) is 4.47 Å². The quantitative estimate of drug-likeness (QED) is 0.645. The Balaban J connectivity index is 2.47. The summed E-state index contributed by atoms with van der Waals surface area (Å²) in [6, 6.07) is 9.76. The van der Waals surface area contributed by atoms with Gasteiger partial charge in [0.2, 0.25) is 0 Å². The van der Waals surface area contributed by atoms with Gasteiger partial charge in [-0.1, -0.05) is 29.8 Å². The van der Waals surface area contributed by atoms with Gasteiger partial charge in [0.25, 0.3) is 0 Å². The van der Waals surface area contributed by atoms with E-state index in [0.717, 1.165) is 10.0 Å². The van der Waals surface area contributed by atoms with Gasteiger partial charge in [0.15, 0.2) is 11.6 Å². The van der Waals surface area contributed by atoms with E-state index in [4.69, 9.17) is 22.2 Å². The average Bonchev–Trinajstić information content (AvgIpc) is 2.44. The lowest BCUT2D eigenvalue weighted by Crippen LogP contribution is -2.29. The van der Waals surface area contributed by atoms with Gasteiger partial charge < -0.3 is 4.74 Å². The van der Waals surface area contributed by atoms with Crippen molar-refractivity contribution in [3.05, 3.63) is 62.8 Å². The van der Waals surface area contributed by atoms with E-state index in [-0.39, 0.29) is 5.75 Å². The highest BCUT2D eigenvalue weighted by Gasteiger charge is 2.18. The molecule has 0 bridgehead atoms. The molecule has 106 valence electrons. The monoisotopic (exact) mass is 358 g/mol. The molecule has 2 aromatic carbocycles. The van der Waals surface area contributed by atoms with Gasteiger partial charge in [0.1, 0.15) is 0 Å². The van der Waals surface area contributed by atoms with Crippen LogP contribution in [0.3, 0.4) is 0 Å². The third-order valence-electron chi connectivity index (χ3n) is 2.97. The Bertz CT molecular complexity index is 624. The molecule has 0 spiro atoms. The smallest absolute Gasteiger partial charge is 0.165 e. The second kappa shape index (κ2) is 6.54. The maximum atomic E-state index is 13.8. The molecule has 3 nitrogen and oxygen atoms in total. The summed E-state index contributed by atoms with van der Waals surface area (Å²) in [7, 11) is 1.42. The first kappa shape index (κ1) is 15.3. The highest BCUT2D eigenvalue weighted by atomic mass is 79.9. The van der Waals surface area contributed by atoms with Crippen molar-refractivity contribution in [2.45, 2.75) is 6.04 Å². The summed E-state index contributed by atoms with van der Waals surface area (Å²) >= 11 is 9.61. The molecular formula is C14H13BrClFN2O. The van der Waals surface area contributed by atoms with E-state index in [2.05, 4.69) is 21.4 Å². The zero-order valence-electron chi connectivity index (χ0n) is 10.7. The fourth-order valence-electron chi connectivity index (χ4n) is 1.97. The maximum absolute atomic E-state index is 13.8. The Morgan fingerprint density at radius 1 is 1.35 bits per heavy atom. The summed E-state index contributed by atoms with van der Waals surface area (Å²) in [5, 5.41) is 0.534. The summed E-state index contributed by atoms with van der Waals surface area (Å²) in [6.07, 6.45) is 0. The number of halogens is 3. The summed E-state index contributed by atoms with van der Waals surface area (Å²) in [6.45, 7) is 0. The van der Waals surface area contributed by atoms with Crippen molar-refractivity contribution in [3.63, 3.8) is 0 Å². The minimum atomic E-state index is -0.448. The molecule has 0 amide bonds. The van der Waals surface area contributed by atoms with E-state index in [1.165, 1.54) is 13.2 Å². The molecule has 0 heterocycles. The second-order valence-corrected chi connectivity index (χ2v) is 5.37. The predicted molar refractivity (Wildman–Crippen MR) is 81.3 cm³/mol. The number of hydrogen-bond donors (Lipinski definition) is 2. The number of methoxy groups -OCH3 is 1. The molecular weight excluding hydrogens is 347 g/mol. The minimum absolute atomic E-state index is 0.185. The molecule has 2 aromatic rings. The van der Waals surface area contributed by atoms with E-state index in [1.807, 2.05) is 18.2 Å². The van der Waals surface area contributed by atoms with Crippen LogP contribution in [0.25, 0.3) is 0 Å². The largest absolute Gasteiger partial charge is 0.494 e. The van der Waals surface area contributed by atoms with Crippen LogP contribution in [0.5, 0.6) is 5.75 Å². The Hall–Kier alpha value is -1.14. The van der Waals surface area contributed by atoms with Crippen LogP contribution < -0.4 is 16.0 Å². The minimum Gasteiger partial charge on any atom is -0.494 e. The van der Waals surface area contributed by atoms with Crippen LogP contribution in [0, 0.1) is 5.82 Å². The molecule has 0 saturated carbocycles. The standard InChI is InChI=1S/C14H13BrClFN2O/c1-20-12-6-5-8(7-11(12)17)14(19-18)9-3-2-4-10(15)13(9)16/h2-7,14,19H,18H2,1H3. The van der Waals surface area contributed by atoms with Crippen LogP contribution in [-0.4, -0.2) is 7.11 Å². The van der Waals surface area contributed by atoms with E-state index < -0.39 is 11.9 Å². The molecule has 0 radical (unpaired) electrons. The fraction of sp³-hybridized carbons (Fsp3) is 0.143. The van der Waals surface area contributed by atoms with Crippen LogP contribution in [0.15, 0.2) is 40.9 Å². The maximum Gasteiger partial charge on any atom is 0.165 e. The van der Waals surface area contributed by atoms with E-state index >= 15 is 0 Å². The zero-order chi connectivity index (χ0) is 14.7. The molecule has 0 aromatic heterocycles. The van der Waals surface area contributed by atoms with Crippen molar-refractivity contribution in [2.75, 3.05) is 7.11 Å². The molecule has 1 unspecified atom stereocenters. The number of hydrazine groups is 1. The molecule has 20 heavy (non-hydrogen) atoms. The number of nitrogens with one attached hydrogen (secondary N) is 1. The van der Waals surface area contributed by atoms with Crippen LogP contribution in [0.1, 0.15) is 17.2 Å². The summed E-state index contributed by atoms with van der Waals surface area (Å²) in [5.74, 6) is 5.34. The Morgan fingerprint density at radius 3 is 2.70 bits per heavy atom. The number of ether oxygens (including phenoxy) is 1. The summed E-state index contributed by atoms with van der Waals surface area (Å²) in [5.41, 5.74) is 4.07. The van der Waals surface area contributed by atoms with Crippen molar-refractivity contribution in [3.8, 4) is 5.75 Å². The molecule has 3 N–H and O–H groups in total. The average molecular weight is 360 g/mol. The lowest BCUT2D eigenvalue weighted by atomic mass is 9.99. The van der Waals surface area contributed by atoms with Crippen molar-refractivity contribution < 1.29 is 9.13 Å². The third kappa shape index (κ3) is 2.96. The predicted octanol–water partition coefficient (Wildman–Crippen LogP) is 3.80. The normalized spacial score (nSPS) is 12.2. The van der Waals surface area contributed by atoms with Crippen LogP contribution in [0.4, 0.5) is 4.39 Å². The topological polar surface area (TPSA) is 47.3 Å². The molecule has 0 aliphatic heterocycles. The van der Waals surface area contributed by atoms with Gasteiger partial charge >= 0.3 is 0 Å². The fourth-order valence-corrected chi connectivity index (χ4v) is 2.59.